The highest BCUT2D eigenvalue weighted by atomic mass is 16.2. The van der Waals surface area contributed by atoms with Crippen LogP contribution < -0.4 is 11.1 Å². The molecule has 0 bridgehead atoms. The zero-order valence-electron chi connectivity index (χ0n) is 13.6. The molecule has 1 aliphatic heterocycles. The Bertz CT molecular complexity index is 717. The molecule has 2 heterocycles. The van der Waals surface area contributed by atoms with Gasteiger partial charge in [-0.1, -0.05) is 19.4 Å². The first kappa shape index (κ1) is 15.7. The fourth-order valence-electron chi connectivity index (χ4n) is 3.09. The number of nitrogen functional groups attached to an aromatic ring is 1. The number of rotatable bonds is 4. The largest absolute Gasteiger partial charge is 0.383 e. The van der Waals surface area contributed by atoms with Crippen molar-refractivity contribution < 1.29 is 4.79 Å². The molecule has 0 aliphatic carbocycles. The maximum absolute atomic E-state index is 12.7. The minimum atomic E-state index is -0.0605. The van der Waals surface area contributed by atoms with Gasteiger partial charge in [0.05, 0.1) is 11.6 Å². The molecular formula is C17H23N5O. The van der Waals surface area contributed by atoms with E-state index >= 15 is 0 Å². The Morgan fingerprint density at radius 2 is 2.22 bits per heavy atom. The molecule has 2 unspecified atom stereocenters. The Morgan fingerprint density at radius 1 is 1.39 bits per heavy atom. The van der Waals surface area contributed by atoms with E-state index in [2.05, 4.69) is 29.1 Å². The fraction of sp³-hybridized carbons (Fsp3) is 0.471. The first-order chi connectivity index (χ1) is 11.1. The number of amides is 1. The molecule has 122 valence electrons. The standard InChI is InChI=1S/C17H23N5O/c1-3-4-14-17(23)22(11(2)8-19-14)9-12-5-6-13-15(7-12)20-10-21-16(13)18/h5-7,10-11,14,19H,3-4,8-9H2,1-2H3,(H2,18,20,21). The highest BCUT2D eigenvalue weighted by molar-refractivity contribution is 5.88. The molecule has 6 nitrogen and oxygen atoms in total. The Hall–Kier alpha value is -2.21. The van der Waals surface area contributed by atoms with E-state index in [0.29, 0.717) is 12.4 Å². The van der Waals surface area contributed by atoms with Gasteiger partial charge < -0.3 is 16.0 Å². The molecule has 3 rings (SSSR count). The molecule has 1 aromatic heterocycles. The van der Waals surface area contributed by atoms with E-state index < -0.39 is 0 Å². The van der Waals surface area contributed by atoms with Gasteiger partial charge in [0.2, 0.25) is 5.91 Å². The lowest BCUT2D eigenvalue weighted by Gasteiger charge is -2.38. The molecule has 1 fully saturated rings. The van der Waals surface area contributed by atoms with Gasteiger partial charge in [0.25, 0.3) is 0 Å². The molecule has 1 amide bonds. The van der Waals surface area contributed by atoms with Crippen LogP contribution in [0.3, 0.4) is 0 Å². The topological polar surface area (TPSA) is 84.1 Å². The third-order valence-corrected chi connectivity index (χ3v) is 4.43. The Kier molecular flexibility index (Phi) is 4.43. The molecule has 0 radical (unpaired) electrons. The van der Waals surface area contributed by atoms with Crippen LogP contribution in [0.25, 0.3) is 10.9 Å². The van der Waals surface area contributed by atoms with E-state index in [1.54, 1.807) is 0 Å². The van der Waals surface area contributed by atoms with Crippen LogP contribution in [0.4, 0.5) is 5.82 Å². The summed E-state index contributed by atoms with van der Waals surface area (Å²) in [6.45, 7) is 5.61. The SMILES string of the molecule is CCCC1NCC(C)N(Cc2ccc3c(N)ncnc3c2)C1=O. The number of carbonyl (C=O) groups excluding carboxylic acids is 1. The van der Waals surface area contributed by atoms with E-state index in [1.807, 2.05) is 23.1 Å². The zero-order valence-corrected chi connectivity index (χ0v) is 13.6. The maximum Gasteiger partial charge on any atom is 0.240 e. The van der Waals surface area contributed by atoms with Gasteiger partial charge in [-0.2, -0.15) is 0 Å². The molecular weight excluding hydrogens is 290 g/mol. The molecule has 2 aromatic rings. The van der Waals surface area contributed by atoms with E-state index in [0.717, 1.165) is 35.9 Å². The van der Waals surface area contributed by atoms with Crippen LogP contribution in [0.2, 0.25) is 0 Å². The molecule has 1 aromatic carbocycles. The number of fused-ring (bicyclic) bond motifs is 1. The predicted molar refractivity (Wildman–Crippen MR) is 90.7 cm³/mol. The van der Waals surface area contributed by atoms with Crippen molar-refractivity contribution in [1.82, 2.24) is 20.2 Å². The molecule has 0 spiro atoms. The van der Waals surface area contributed by atoms with E-state index in [4.69, 9.17) is 5.73 Å². The number of anilines is 1. The van der Waals surface area contributed by atoms with Gasteiger partial charge in [-0.05, 0) is 31.0 Å². The number of piperazine rings is 1. The molecule has 0 saturated carbocycles. The van der Waals surface area contributed by atoms with Crippen molar-refractivity contribution in [2.75, 3.05) is 12.3 Å². The van der Waals surface area contributed by atoms with Gasteiger partial charge >= 0.3 is 0 Å². The number of hydrogen-bond acceptors (Lipinski definition) is 5. The smallest absolute Gasteiger partial charge is 0.240 e. The molecule has 1 aliphatic rings. The summed E-state index contributed by atoms with van der Waals surface area (Å²) in [5.41, 5.74) is 7.74. The zero-order chi connectivity index (χ0) is 16.4. The maximum atomic E-state index is 12.7. The fourth-order valence-corrected chi connectivity index (χ4v) is 3.09. The molecule has 2 atom stereocenters. The summed E-state index contributed by atoms with van der Waals surface area (Å²) in [5, 5.41) is 4.19. The summed E-state index contributed by atoms with van der Waals surface area (Å²) in [4.78, 5) is 22.9. The average molecular weight is 313 g/mol. The number of nitrogens with zero attached hydrogens (tertiary/aromatic N) is 3. The van der Waals surface area contributed by atoms with Crippen LogP contribution in [-0.4, -0.2) is 39.4 Å². The van der Waals surface area contributed by atoms with Gasteiger partial charge in [-0.25, -0.2) is 9.97 Å². The number of carbonyl (C=O) groups is 1. The summed E-state index contributed by atoms with van der Waals surface area (Å²) < 4.78 is 0. The molecule has 1 saturated heterocycles. The Balaban J connectivity index is 1.83. The number of nitrogens with one attached hydrogen (secondary N) is 1. The van der Waals surface area contributed by atoms with Crippen LogP contribution in [0.5, 0.6) is 0 Å². The summed E-state index contributed by atoms with van der Waals surface area (Å²) in [7, 11) is 0. The van der Waals surface area contributed by atoms with Gasteiger partial charge in [0, 0.05) is 24.5 Å². The molecule has 3 N–H and O–H groups in total. The normalized spacial score (nSPS) is 21.8. The van der Waals surface area contributed by atoms with Crippen molar-refractivity contribution in [2.45, 2.75) is 45.3 Å². The highest BCUT2D eigenvalue weighted by Crippen LogP contribution is 2.21. The second-order valence-electron chi connectivity index (χ2n) is 6.18. The predicted octanol–water partition coefficient (Wildman–Crippen LogP) is 1.70. The molecule has 6 heteroatoms. The van der Waals surface area contributed by atoms with Crippen molar-refractivity contribution in [3.05, 3.63) is 30.1 Å². The van der Waals surface area contributed by atoms with Crippen LogP contribution >= 0.6 is 0 Å². The lowest BCUT2D eigenvalue weighted by Crippen LogP contribution is -2.58. The van der Waals surface area contributed by atoms with Crippen LogP contribution in [-0.2, 0) is 11.3 Å². The van der Waals surface area contributed by atoms with Crippen molar-refractivity contribution in [3.63, 3.8) is 0 Å². The summed E-state index contributed by atoms with van der Waals surface area (Å²) in [5.74, 6) is 0.670. The van der Waals surface area contributed by atoms with Crippen molar-refractivity contribution in [2.24, 2.45) is 0 Å². The summed E-state index contributed by atoms with van der Waals surface area (Å²) >= 11 is 0. The van der Waals surface area contributed by atoms with Gasteiger partial charge in [-0.3, -0.25) is 4.79 Å². The van der Waals surface area contributed by atoms with E-state index in [1.165, 1.54) is 6.33 Å². The van der Waals surface area contributed by atoms with Gasteiger partial charge in [0.1, 0.15) is 12.1 Å². The third-order valence-electron chi connectivity index (χ3n) is 4.43. The summed E-state index contributed by atoms with van der Waals surface area (Å²) in [6.07, 6.45) is 3.35. The average Bonchev–Trinajstić information content (AvgIpc) is 2.54. The first-order valence-electron chi connectivity index (χ1n) is 8.13. The minimum Gasteiger partial charge on any atom is -0.383 e. The van der Waals surface area contributed by atoms with Crippen molar-refractivity contribution >= 4 is 22.6 Å². The van der Waals surface area contributed by atoms with Gasteiger partial charge in [-0.15, -0.1) is 0 Å². The highest BCUT2D eigenvalue weighted by Gasteiger charge is 2.32. The Labute approximate surface area is 136 Å². The van der Waals surface area contributed by atoms with Crippen molar-refractivity contribution in [3.8, 4) is 0 Å². The second kappa shape index (κ2) is 6.50. The quantitative estimate of drug-likeness (QED) is 0.897. The number of aromatic nitrogens is 2. The first-order valence-corrected chi connectivity index (χ1v) is 8.13. The lowest BCUT2D eigenvalue weighted by atomic mass is 10.0. The molecule has 23 heavy (non-hydrogen) atoms. The third kappa shape index (κ3) is 3.12. The van der Waals surface area contributed by atoms with Crippen LogP contribution in [0, 0.1) is 0 Å². The Morgan fingerprint density at radius 3 is 3.00 bits per heavy atom. The van der Waals surface area contributed by atoms with E-state index in [-0.39, 0.29) is 18.0 Å². The monoisotopic (exact) mass is 313 g/mol. The second-order valence-corrected chi connectivity index (χ2v) is 6.18. The lowest BCUT2D eigenvalue weighted by molar-refractivity contribution is -0.139. The van der Waals surface area contributed by atoms with Gasteiger partial charge in [0.15, 0.2) is 0 Å². The van der Waals surface area contributed by atoms with Crippen LogP contribution in [0.1, 0.15) is 32.3 Å². The minimum absolute atomic E-state index is 0.0605. The number of benzene rings is 1. The van der Waals surface area contributed by atoms with Crippen LogP contribution in [0.15, 0.2) is 24.5 Å². The number of hydrogen-bond donors (Lipinski definition) is 2. The summed E-state index contributed by atoms with van der Waals surface area (Å²) in [6, 6.07) is 6.04. The van der Waals surface area contributed by atoms with Crippen molar-refractivity contribution in [1.29, 1.82) is 0 Å². The van der Waals surface area contributed by atoms with E-state index in [9.17, 15) is 4.79 Å². The number of nitrogens with two attached hydrogens (primary N) is 1.